The lowest BCUT2D eigenvalue weighted by Gasteiger charge is -2.30. The van der Waals surface area contributed by atoms with Crippen molar-refractivity contribution in [3.63, 3.8) is 0 Å². The largest absolute Gasteiger partial charge is 0.343 e. The lowest BCUT2D eigenvalue weighted by Crippen LogP contribution is -2.35. The Morgan fingerprint density at radius 1 is 0.909 bits per heavy atom. The van der Waals surface area contributed by atoms with E-state index in [0.717, 1.165) is 41.4 Å². The van der Waals surface area contributed by atoms with Crippen molar-refractivity contribution in [2.75, 3.05) is 13.6 Å². The van der Waals surface area contributed by atoms with Crippen molar-refractivity contribution >= 4 is 20.9 Å². The van der Waals surface area contributed by atoms with Crippen molar-refractivity contribution in [1.29, 1.82) is 5.26 Å². The Morgan fingerprint density at radius 2 is 1.52 bits per heavy atom. The van der Waals surface area contributed by atoms with Crippen molar-refractivity contribution in [3.05, 3.63) is 143 Å². The van der Waals surface area contributed by atoms with Crippen molar-refractivity contribution < 1.29 is 8.42 Å². The molecule has 0 spiro atoms. The van der Waals surface area contributed by atoms with Gasteiger partial charge in [-0.1, -0.05) is 104 Å². The first kappa shape index (κ1) is 29.8. The van der Waals surface area contributed by atoms with E-state index in [2.05, 4.69) is 41.2 Å². The Bertz CT molecular complexity index is 1820. The predicted molar refractivity (Wildman–Crippen MR) is 177 cm³/mol. The molecular formula is C37H38N4O2S. The number of rotatable bonds is 10. The third-order valence-electron chi connectivity index (χ3n) is 9.04. The lowest BCUT2D eigenvalue weighted by atomic mass is 9.91. The molecule has 1 aliphatic heterocycles. The van der Waals surface area contributed by atoms with Crippen LogP contribution in [-0.2, 0) is 16.6 Å². The minimum atomic E-state index is -4.11. The fourth-order valence-corrected chi connectivity index (χ4v) is 8.14. The van der Waals surface area contributed by atoms with Gasteiger partial charge in [-0.05, 0) is 65.3 Å². The molecule has 0 bridgehead atoms. The summed E-state index contributed by atoms with van der Waals surface area (Å²) in [5.74, 6) is 0.229. The molecule has 224 valence electrons. The fourth-order valence-electron chi connectivity index (χ4n) is 6.64. The van der Waals surface area contributed by atoms with Crippen molar-refractivity contribution in [2.45, 2.75) is 49.6 Å². The lowest BCUT2D eigenvalue weighted by molar-refractivity contribution is 0.414. The molecule has 0 amide bonds. The number of fused-ring (bicyclic) bond motifs is 1. The number of nitrogens with zero attached hydrogens (tertiary/aromatic N) is 3. The predicted octanol–water partition coefficient (Wildman–Crippen LogP) is 7.16. The van der Waals surface area contributed by atoms with Crippen LogP contribution in [0.4, 0.5) is 0 Å². The number of aromatic nitrogens is 1. The molecule has 6 rings (SSSR count). The first-order chi connectivity index (χ1) is 21.4. The highest BCUT2D eigenvalue weighted by molar-refractivity contribution is 7.89. The van der Waals surface area contributed by atoms with Gasteiger partial charge in [0.25, 0.3) is 0 Å². The van der Waals surface area contributed by atoms with Gasteiger partial charge in [-0.2, -0.15) is 9.57 Å². The summed E-state index contributed by atoms with van der Waals surface area (Å²) in [6, 6.07) is 37.2. The van der Waals surface area contributed by atoms with Crippen molar-refractivity contribution in [1.82, 2.24) is 14.2 Å². The number of hydrogen-bond donors (Lipinski definition) is 1. The zero-order valence-corrected chi connectivity index (χ0v) is 26.0. The van der Waals surface area contributed by atoms with Gasteiger partial charge in [-0.15, -0.1) is 0 Å². The van der Waals surface area contributed by atoms with Gasteiger partial charge in [0, 0.05) is 36.7 Å². The van der Waals surface area contributed by atoms with Crippen LogP contribution in [0.3, 0.4) is 0 Å². The molecule has 2 heterocycles. The first-order valence-electron chi connectivity index (χ1n) is 15.2. The van der Waals surface area contributed by atoms with E-state index in [1.54, 1.807) is 7.05 Å². The Hall–Kier alpha value is -4.22. The molecule has 0 radical (unpaired) electrons. The zero-order chi connectivity index (χ0) is 30.7. The maximum Gasteiger partial charge on any atom is 0.235 e. The van der Waals surface area contributed by atoms with E-state index < -0.39 is 21.3 Å². The molecule has 1 aliphatic rings. The Kier molecular flexibility index (Phi) is 8.67. The quantitative estimate of drug-likeness (QED) is 0.184. The van der Waals surface area contributed by atoms with Gasteiger partial charge in [-0.3, -0.25) is 0 Å². The second-order valence-corrected chi connectivity index (χ2v) is 13.8. The summed E-state index contributed by atoms with van der Waals surface area (Å²) >= 11 is 0. The second-order valence-electron chi connectivity index (χ2n) is 11.8. The monoisotopic (exact) mass is 602 g/mol. The molecule has 4 aromatic carbocycles. The highest BCUT2D eigenvalue weighted by Crippen LogP contribution is 2.38. The van der Waals surface area contributed by atoms with Crippen LogP contribution in [0.1, 0.15) is 64.8 Å². The van der Waals surface area contributed by atoms with Crippen LogP contribution in [0, 0.1) is 11.3 Å². The van der Waals surface area contributed by atoms with Gasteiger partial charge in [0.2, 0.25) is 10.0 Å². The van der Waals surface area contributed by atoms with Crippen molar-refractivity contribution in [2.24, 2.45) is 0 Å². The highest BCUT2D eigenvalue weighted by Gasteiger charge is 2.37. The number of nitrogens with one attached hydrogen (secondary N) is 1. The smallest absolute Gasteiger partial charge is 0.235 e. The molecule has 0 aliphatic carbocycles. The van der Waals surface area contributed by atoms with E-state index in [1.807, 2.05) is 97.1 Å². The second kappa shape index (κ2) is 12.8. The Morgan fingerprint density at radius 3 is 2.09 bits per heavy atom. The summed E-state index contributed by atoms with van der Waals surface area (Å²) in [4.78, 5) is 0. The van der Waals surface area contributed by atoms with Crippen LogP contribution >= 0.6 is 0 Å². The van der Waals surface area contributed by atoms with E-state index in [0.29, 0.717) is 18.2 Å². The van der Waals surface area contributed by atoms with Gasteiger partial charge >= 0.3 is 0 Å². The molecule has 7 heteroatoms. The SMILES string of the molecule is CC(c1cn(Cc2ccccc2)c2ccc(C(C#N)S(=O)(=O)N(C)C(c3ccccc3)c3ccccc3)cc12)C1CCCN1. The molecular weight excluding hydrogens is 565 g/mol. The number of hydrogen-bond acceptors (Lipinski definition) is 4. The van der Waals surface area contributed by atoms with Gasteiger partial charge in [0.05, 0.1) is 12.1 Å². The highest BCUT2D eigenvalue weighted by atomic mass is 32.2. The maximum absolute atomic E-state index is 14.3. The molecule has 1 fully saturated rings. The minimum absolute atomic E-state index is 0.229. The molecule has 6 nitrogen and oxygen atoms in total. The maximum atomic E-state index is 14.3. The molecule has 1 N–H and O–H groups in total. The summed E-state index contributed by atoms with van der Waals surface area (Å²) in [5.41, 5.74) is 5.57. The number of nitriles is 1. The van der Waals surface area contributed by atoms with Crippen LogP contribution < -0.4 is 5.32 Å². The molecule has 3 unspecified atom stereocenters. The van der Waals surface area contributed by atoms with E-state index >= 15 is 0 Å². The normalized spacial score (nSPS) is 16.8. The zero-order valence-electron chi connectivity index (χ0n) is 25.2. The summed E-state index contributed by atoms with van der Waals surface area (Å²) in [5, 5.41) is 13.7. The number of sulfonamides is 1. The summed E-state index contributed by atoms with van der Waals surface area (Å²) in [7, 11) is -2.52. The van der Waals surface area contributed by atoms with Gasteiger partial charge < -0.3 is 9.88 Å². The molecule has 1 aromatic heterocycles. The molecule has 3 atom stereocenters. The number of benzene rings is 4. The third-order valence-corrected chi connectivity index (χ3v) is 11.0. The third kappa shape index (κ3) is 5.81. The first-order valence-corrected chi connectivity index (χ1v) is 16.7. The standard InChI is InChI=1S/C37H38N4O2S/c1-27(34-19-12-22-39-34)33-26-41(25-28-13-6-3-7-14-28)35-21-20-31(23-32(33)35)36(24-38)44(42,43)40(2)37(29-15-8-4-9-16-29)30-17-10-5-11-18-30/h3-11,13-18,20-21,23,26-27,34,36-37,39H,12,19,22,25H2,1-2H3. The van der Waals surface area contributed by atoms with Crippen LogP contribution in [0.15, 0.2) is 115 Å². The van der Waals surface area contributed by atoms with Crippen LogP contribution in [0.2, 0.25) is 0 Å². The topological polar surface area (TPSA) is 78.1 Å². The average molecular weight is 603 g/mol. The summed E-state index contributed by atoms with van der Waals surface area (Å²) in [6.45, 7) is 3.96. The van der Waals surface area contributed by atoms with Gasteiger partial charge in [0.15, 0.2) is 5.25 Å². The average Bonchev–Trinajstić information content (AvgIpc) is 3.72. The summed E-state index contributed by atoms with van der Waals surface area (Å²) in [6.07, 6.45) is 4.47. The van der Waals surface area contributed by atoms with E-state index in [-0.39, 0.29) is 5.92 Å². The fraction of sp³-hybridized carbons (Fsp3) is 0.270. The minimum Gasteiger partial charge on any atom is -0.343 e. The molecule has 44 heavy (non-hydrogen) atoms. The van der Waals surface area contributed by atoms with Crippen LogP contribution in [-0.4, -0.2) is 36.9 Å². The molecule has 5 aromatic rings. The Balaban J connectivity index is 1.42. The summed E-state index contributed by atoms with van der Waals surface area (Å²) < 4.78 is 32.3. The van der Waals surface area contributed by atoms with Crippen LogP contribution in [0.25, 0.3) is 10.9 Å². The molecule has 1 saturated heterocycles. The van der Waals surface area contributed by atoms with E-state index in [1.165, 1.54) is 15.4 Å². The molecule has 0 saturated carbocycles. The Labute approximate surface area is 260 Å². The van der Waals surface area contributed by atoms with E-state index in [4.69, 9.17) is 0 Å². The van der Waals surface area contributed by atoms with Gasteiger partial charge in [-0.25, -0.2) is 8.42 Å². The van der Waals surface area contributed by atoms with Crippen molar-refractivity contribution in [3.8, 4) is 6.07 Å². The van der Waals surface area contributed by atoms with Gasteiger partial charge in [0.1, 0.15) is 0 Å². The van der Waals surface area contributed by atoms with E-state index in [9.17, 15) is 13.7 Å². The van der Waals surface area contributed by atoms with Crippen LogP contribution in [0.5, 0.6) is 0 Å².